The number of non-ortho nitro benzene ring substituents is 1. The molecule has 8 heteroatoms. The van der Waals surface area contributed by atoms with E-state index in [0.29, 0.717) is 23.4 Å². The summed E-state index contributed by atoms with van der Waals surface area (Å²) in [6, 6.07) is 9.16. The molecule has 25 heavy (non-hydrogen) atoms. The van der Waals surface area contributed by atoms with Gasteiger partial charge in [-0.15, -0.1) is 0 Å². The number of carboxylic acids is 1. The highest BCUT2D eigenvalue weighted by molar-refractivity contribution is 5.99. The third kappa shape index (κ3) is 2.89. The van der Waals surface area contributed by atoms with Gasteiger partial charge >= 0.3 is 5.97 Å². The van der Waals surface area contributed by atoms with Gasteiger partial charge in [0.1, 0.15) is 5.82 Å². The Kier molecular flexibility index (Phi) is 4.10. The molecule has 8 nitrogen and oxygen atoms in total. The van der Waals surface area contributed by atoms with Gasteiger partial charge in [-0.25, -0.2) is 9.78 Å². The molecule has 0 atom stereocenters. The summed E-state index contributed by atoms with van der Waals surface area (Å²) >= 11 is 0. The molecule has 0 aliphatic heterocycles. The normalized spacial score (nSPS) is 10.9. The molecule has 0 aliphatic rings. The van der Waals surface area contributed by atoms with Crippen molar-refractivity contribution < 1.29 is 14.8 Å². The zero-order chi connectivity index (χ0) is 18.1. The van der Waals surface area contributed by atoms with E-state index < -0.39 is 10.9 Å². The van der Waals surface area contributed by atoms with Crippen LogP contribution < -0.4 is 5.73 Å². The minimum atomic E-state index is -1.11. The third-order valence-electron chi connectivity index (χ3n) is 3.93. The number of hydrogen-bond donors (Lipinski definition) is 2. The van der Waals surface area contributed by atoms with E-state index in [1.165, 1.54) is 18.2 Å². The quantitative estimate of drug-likeness (QED) is 0.417. The monoisotopic (exact) mass is 340 g/mol. The Bertz CT molecular complexity index is 976. The molecule has 0 aliphatic carbocycles. The number of nitrogens with two attached hydrogens (primary N) is 1. The van der Waals surface area contributed by atoms with Crippen LogP contribution in [0.5, 0.6) is 0 Å². The van der Waals surface area contributed by atoms with Crippen LogP contribution in [0.4, 0.5) is 11.4 Å². The topological polar surface area (TPSA) is 124 Å². The standard InChI is InChI=1S/C17H16N4O4/c1-2-7-20-15-9-13(18)12(17(22)23)8-14(15)19-16(20)10-3-5-11(6-4-10)21(24)25/h3-6,8-9H,2,7,18H2,1H3,(H,22,23). The molecular formula is C17H16N4O4. The van der Waals surface area contributed by atoms with Crippen LogP contribution in [0.15, 0.2) is 36.4 Å². The molecule has 3 rings (SSSR count). The maximum Gasteiger partial charge on any atom is 0.337 e. The molecule has 0 amide bonds. The van der Waals surface area contributed by atoms with Crippen molar-refractivity contribution in [1.29, 1.82) is 0 Å². The summed E-state index contributed by atoms with van der Waals surface area (Å²) in [7, 11) is 0. The van der Waals surface area contributed by atoms with Crippen molar-refractivity contribution >= 4 is 28.4 Å². The number of rotatable bonds is 5. The van der Waals surface area contributed by atoms with Crippen molar-refractivity contribution in [2.24, 2.45) is 0 Å². The average Bonchev–Trinajstić information content (AvgIpc) is 2.92. The van der Waals surface area contributed by atoms with Gasteiger partial charge in [0, 0.05) is 29.9 Å². The highest BCUT2D eigenvalue weighted by atomic mass is 16.6. The van der Waals surface area contributed by atoms with Gasteiger partial charge in [0.2, 0.25) is 0 Å². The molecule has 128 valence electrons. The second-order valence-electron chi connectivity index (χ2n) is 5.62. The predicted octanol–water partition coefficient (Wildman–Crippen LogP) is 3.30. The number of carbonyl (C=O) groups is 1. The van der Waals surface area contributed by atoms with Crippen molar-refractivity contribution in [1.82, 2.24) is 9.55 Å². The van der Waals surface area contributed by atoms with E-state index in [-0.39, 0.29) is 16.9 Å². The first-order valence-corrected chi connectivity index (χ1v) is 7.70. The maximum atomic E-state index is 11.3. The number of benzene rings is 2. The predicted molar refractivity (Wildman–Crippen MR) is 93.5 cm³/mol. The molecule has 2 aromatic carbocycles. The molecule has 0 saturated heterocycles. The van der Waals surface area contributed by atoms with Gasteiger partial charge < -0.3 is 15.4 Å². The minimum Gasteiger partial charge on any atom is -0.478 e. The van der Waals surface area contributed by atoms with Crippen molar-refractivity contribution in [3.05, 3.63) is 52.1 Å². The first-order chi connectivity index (χ1) is 11.9. The van der Waals surface area contributed by atoms with Crippen molar-refractivity contribution in [2.45, 2.75) is 19.9 Å². The fourth-order valence-corrected chi connectivity index (χ4v) is 2.78. The van der Waals surface area contributed by atoms with Crippen LogP contribution in [-0.2, 0) is 6.54 Å². The first kappa shape index (κ1) is 16.4. The average molecular weight is 340 g/mol. The number of anilines is 1. The van der Waals surface area contributed by atoms with Crippen molar-refractivity contribution in [3.8, 4) is 11.4 Å². The van der Waals surface area contributed by atoms with Crippen LogP contribution in [0.3, 0.4) is 0 Å². The number of aromatic nitrogens is 2. The maximum absolute atomic E-state index is 11.3. The van der Waals surface area contributed by atoms with E-state index in [1.807, 2.05) is 11.5 Å². The summed E-state index contributed by atoms with van der Waals surface area (Å²) in [5, 5.41) is 20.0. The largest absolute Gasteiger partial charge is 0.478 e. The molecular weight excluding hydrogens is 324 g/mol. The molecule has 0 bridgehead atoms. The number of nitro benzene ring substituents is 1. The number of hydrogen-bond acceptors (Lipinski definition) is 5. The molecule has 3 aromatic rings. The number of nitrogen functional groups attached to an aromatic ring is 1. The molecule has 1 aromatic heterocycles. The lowest BCUT2D eigenvalue weighted by Gasteiger charge is -2.08. The number of aromatic carboxylic acids is 1. The van der Waals surface area contributed by atoms with Gasteiger partial charge in [-0.1, -0.05) is 6.92 Å². The lowest BCUT2D eigenvalue weighted by molar-refractivity contribution is -0.384. The van der Waals surface area contributed by atoms with E-state index in [1.54, 1.807) is 18.2 Å². The molecule has 0 unspecified atom stereocenters. The van der Waals surface area contributed by atoms with E-state index in [0.717, 1.165) is 11.9 Å². The second kappa shape index (κ2) is 6.23. The molecule has 3 N–H and O–H groups in total. The molecule has 0 spiro atoms. The van der Waals surface area contributed by atoms with Gasteiger partial charge in [0.25, 0.3) is 5.69 Å². The number of nitro groups is 1. The van der Waals surface area contributed by atoms with E-state index >= 15 is 0 Å². The number of nitrogens with zero attached hydrogens (tertiary/aromatic N) is 3. The number of aryl methyl sites for hydroxylation is 1. The minimum absolute atomic E-state index is 0.000638. The molecule has 0 radical (unpaired) electrons. The van der Waals surface area contributed by atoms with Gasteiger partial charge in [0.15, 0.2) is 0 Å². The summed E-state index contributed by atoms with van der Waals surface area (Å²) in [5.74, 6) is -0.491. The Balaban J connectivity index is 2.21. The van der Waals surface area contributed by atoms with Crippen LogP contribution in [0, 0.1) is 10.1 Å². The Hall–Kier alpha value is -3.42. The van der Waals surface area contributed by atoms with Crippen molar-refractivity contribution in [3.63, 3.8) is 0 Å². The summed E-state index contributed by atoms with van der Waals surface area (Å²) in [6.45, 7) is 2.68. The fourth-order valence-electron chi connectivity index (χ4n) is 2.78. The van der Waals surface area contributed by atoms with Crippen LogP contribution in [-0.4, -0.2) is 25.6 Å². The highest BCUT2D eigenvalue weighted by Crippen LogP contribution is 2.29. The Labute approximate surface area is 142 Å². The third-order valence-corrected chi connectivity index (χ3v) is 3.93. The molecule has 1 heterocycles. The number of imidazole rings is 1. The summed E-state index contributed by atoms with van der Waals surface area (Å²) in [6.07, 6.45) is 0.839. The van der Waals surface area contributed by atoms with E-state index in [2.05, 4.69) is 4.98 Å². The Morgan fingerprint density at radius 1 is 1.32 bits per heavy atom. The van der Waals surface area contributed by atoms with Gasteiger partial charge in [-0.2, -0.15) is 0 Å². The van der Waals surface area contributed by atoms with Crippen LogP contribution >= 0.6 is 0 Å². The van der Waals surface area contributed by atoms with Gasteiger partial charge in [-0.05, 0) is 30.7 Å². The number of fused-ring (bicyclic) bond motifs is 1. The lowest BCUT2D eigenvalue weighted by Crippen LogP contribution is -2.03. The zero-order valence-electron chi connectivity index (χ0n) is 13.5. The first-order valence-electron chi connectivity index (χ1n) is 7.70. The van der Waals surface area contributed by atoms with Gasteiger partial charge in [0.05, 0.1) is 21.5 Å². The fraction of sp³-hybridized carbons (Fsp3) is 0.176. The summed E-state index contributed by atoms with van der Waals surface area (Å²) in [5.41, 5.74) is 8.00. The summed E-state index contributed by atoms with van der Waals surface area (Å²) < 4.78 is 1.94. The van der Waals surface area contributed by atoms with E-state index in [4.69, 9.17) is 5.73 Å². The Morgan fingerprint density at radius 3 is 2.56 bits per heavy atom. The van der Waals surface area contributed by atoms with Crippen LogP contribution in [0.25, 0.3) is 22.4 Å². The molecule has 0 fully saturated rings. The SMILES string of the molecule is CCCn1c(-c2ccc([N+](=O)[O-])cc2)nc2cc(C(=O)O)c(N)cc21. The Morgan fingerprint density at radius 2 is 2.00 bits per heavy atom. The molecule has 0 saturated carbocycles. The van der Waals surface area contributed by atoms with Gasteiger partial charge in [-0.3, -0.25) is 10.1 Å². The lowest BCUT2D eigenvalue weighted by atomic mass is 10.1. The zero-order valence-corrected chi connectivity index (χ0v) is 13.5. The smallest absolute Gasteiger partial charge is 0.337 e. The highest BCUT2D eigenvalue weighted by Gasteiger charge is 2.17. The van der Waals surface area contributed by atoms with Crippen LogP contribution in [0.1, 0.15) is 23.7 Å². The van der Waals surface area contributed by atoms with Crippen LogP contribution in [0.2, 0.25) is 0 Å². The summed E-state index contributed by atoms with van der Waals surface area (Å²) in [4.78, 5) is 26.2. The number of carboxylic acid groups (broad SMARTS) is 1. The van der Waals surface area contributed by atoms with Crippen molar-refractivity contribution in [2.75, 3.05) is 5.73 Å². The van der Waals surface area contributed by atoms with E-state index in [9.17, 15) is 20.0 Å². The second-order valence-corrected chi connectivity index (χ2v) is 5.62.